The van der Waals surface area contributed by atoms with Crippen molar-refractivity contribution in [3.8, 4) is 0 Å². The molecule has 2 nitrogen and oxygen atoms in total. The van der Waals surface area contributed by atoms with Crippen molar-refractivity contribution in [3.05, 3.63) is 35.9 Å². The molecule has 1 aromatic carbocycles. The topological polar surface area (TPSA) is 43.1 Å². The Morgan fingerprint density at radius 2 is 2.00 bits per heavy atom. The monoisotopic (exact) mass is 215 g/mol. The molecule has 2 bridgehead atoms. The lowest BCUT2D eigenvalue weighted by molar-refractivity contribution is 0.0827. The molecule has 0 heterocycles. The van der Waals surface area contributed by atoms with Crippen LogP contribution >= 0.6 is 0 Å². The molecule has 84 valence electrons. The largest absolute Gasteiger partial charge is 0.318 e. The maximum Gasteiger partial charge on any atom is 0.182 e. The van der Waals surface area contributed by atoms with E-state index in [9.17, 15) is 4.79 Å². The van der Waals surface area contributed by atoms with Crippen molar-refractivity contribution in [1.82, 2.24) is 0 Å². The Bertz CT molecular complexity index is 414. The van der Waals surface area contributed by atoms with Crippen molar-refractivity contribution < 1.29 is 4.79 Å². The number of hydrogen-bond donors (Lipinski definition) is 1. The van der Waals surface area contributed by atoms with E-state index in [0.717, 1.165) is 24.8 Å². The van der Waals surface area contributed by atoms with Gasteiger partial charge in [0.1, 0.15) is 0 Å². The molecule has 0 radical (unpaired) electrons. The van der Waals surface area contributed by atoms with Gasteiger partial charge >= 0.3 is 0 Å². The van der Waals surface area contributed by atoms with Crippen LogP contribution in [0.3, 0.4) is 0 Å². The first kappa shape index (κ1) is 10.0. The first-order valence-electron chi connectivity index (χ1n) is 6.09. The molecule has 2 aliphatic rings. The molecule has 0 aliphatic heterocycles. The summed E-state index contributed by atoms with van der Waals surface area (Å²) in [6.45, 7) is 0. The van der Waals surface area contributed by atoms with Crippen LogP contribution < -0.4 is 5.73 Å². The minimum atomic E-state index is -0.565. The molecule has 2 aliphatic carbocycles. The number of hydrogen-bond acceptors (Lipinski definition) is 2. The molecule has 0 saturated heterocycles. The van der Waals surface area contributed by atoms with Crippen LogP contribution in [0.25, 0.3) is 0 Å². The second kappa shape index (κ2) is 3.42. The summed E-state index contributed by atoms with van der Waals surface area (Å²) in [6.07, 6.45) is 4.46. The van der Waals surface area contributed by atoms with Gasteiger partial charge in [-0.1, -0.05) is 36.8 Å². The SMILES string of the molecule is N[C@@]1(C(=O)c2ccccc2)C[C@@H]2CC[C@@H]1C2. The number of Topliss-reactive ketones (excluding diaryl/α,β-unsaturated/α-hetero) is 1. The molecule has 3 rings (SSSR count). The zero-order chi connectivity index (χ0) is 11.2. The Morgan fingerprint density at radius 1 is 1.25 bits per heavy atom. The standard InChI is InChI=1S/C14H17NO/c15-14(9-10-6-7-12(14)8-10)13(16)11-4-2-1-3-5-11/h1-5,10,12H,6-9,15H2/t10-,12-,14+/m1/s1. The molecule has 0 amide bonds. The van der Waals surface area contributed by atoms with Crippen molar-refractivity contribution >= 4 is 5.78 Å². The second-order valence-electron chi connectivity index (χ2n) is 5.32. The Hall–Kier alpha value is -1.15. The number of rotatable bonds is 2. The van der Waals surface area contributed by atoms with Gasteiger partial charge in [-0.15, -0.1) is 0 Å². The van der Waals surface area contributed by atoms with Crippen molar-refractivity contribution in [3.63, 3.8) is 0 Å². The molecule has 1 aromatic rings. The quantitative estimate of drug-likeness (QED) is 0.770. The predicted octanol–water partition coefficient (Wildman–Crippen LogP) is 2.39. The third-order valence-corrected chi connectivity index (χ3v) is 4.35. The van der Waals surface area contributed by atoms with Crippen molar-refractivity contribution in [2.75, 3.05) is 0 Å². The minimum absolute atomic E-state index is 0.153. The van der Waals surface area contributed by atoms with Gasteiger partial charge in [0.25, 0.3) is 0 Å². The number of carbonyl (C=O) groups excluding carboxylic acids is 1. The molecule has 2 fully saturated rings. The fourth-order valence-electron chi connectivity index (χ4n) is 3.51. The van der Waals surface area contributed by atoms with E-state index >= 15 is 0 Å². The van der Waals surface area contributed by atoms with Gasteiger partial charge in [-0.2, -0.15) is 0 Å². The van der Waals surface area contributed by atoms with Crippen LogP contribution in [0.5, 0.6) is 0 Å². The van der Waals surface area contributed by atoms with E-state index in [1.54, 1.807) is 0 Å². The van der Waals surface area contributed by atoms with Crippen LogP contribution in [0.2, 0.25) is 0 Å². The third kappa shape index (κ3) is 1.33. The Morgan fingerprint density at radius 3 is 2.56 bits per heavy atom. The first-order chi connectivity index (χ1) is 7.70. The molecule has 2 saturated carbocycles. The van der Waals surface area contributed by atoms with Gasteiger partial charge in [-0.25, -0.2) is 0 Å². The molecule has 16 heavy (non-hydrogen) atoms. The van der Waals surface area contributed by atoms with E-state index in [1.165, 1.54) is 6.42 Å². The van der Waals surface area contributed by atoms with Crippen molar-refractivity contribution in [2.45, 2.75) is 31.2 Å². The minimum Gasteiger partial charge on any atom is -0.318 e. The summed E-state index contributed by atoms with van der Waals surface area (Å²) >= 11 is 0. The summed E-state index contributed by atoms with van der Waals surface area (Å²) in [6, 6.07) is 9.50. The second-order valence-corrected chi connectivity index (χ2v) is 5.32. The van der Waals surface area contributed by atoms with E-state index in [2.05, 4.69) is 0 Å². The third-order valence-electron chi connectivity index (χ3n) is 4.35. The Balaban J connectivity index is 1.91. The van der Waals surface area contributed by atoms with E-state index in [4.69, 9.17) is 5.73 Å². The van der Waals surface area contributed by atoms with Gasteiger partial charge in [0.2, 0.25) is 0 Å². The summed E-state index contributed by atoms with van der Waals surface area (Å²) in [5, 5.41) is 0. The highest BCUT2D eigenvalue weighted by Gasteiger charge is 2.52. The van der Waals surface area contributed by atoms with Crippen LogP contribution in [0, 0.1) is 11.8 Å². The summed E-state index contributed by atoms with van der Waals surface area (Å²) in [5.74, 6) is 1.27. The van der Waals surface area contributed by atoms with Crippen molar-refractivity contribution in [1.29, 1.82) is 0 Å². The van der Waals surface area contributed by atoms with Crippen molar-refractivity contribution in [2.24, 2.45) is 17.6 Å². The normalized spacial score (nSPS) is 36.6. The maximum absolute atomic E-state index is 12.4. The van der Waals surface area contributed by atoms with Gasteiger partial charge in [0, 0.05) is 5.56 Å². The molecule has 2 heteroatoms. The molecular formula is C14H17NO. The number of benzene rings is 1. The molecule has 3 atom stereocenters. The zero-order valence-electron chi connectivity index (χ0n) is 9.36. The smallest absolute Gasteiger partial charge is 0.182 e. The number of ketones is 1. The summed E-state index contributed by atoms with van der Waals surface area (Å²) in [5.41, 5.74) is 6.58. The van der Waals surface area contributed by atoms with Crippen LogP contribution in [0.4, 0.5) is 0 Å². The number of fused-ring (bicyclic) bond motifs is 2. The van der Waals surface area contributed by atoms with Crippen LogP contribution in [-0.4, -0.2) is 11.3 Å². The van der Waals surface area contributed by atoms with Gasteiger partial charge in [-0.3, -0.25) is 4.79 Å². The maximum atomic E-state index is 12.4. The van der Waals surface area contributed by atoms with Gasteiger partial charge in [-0.05, 0) is 31.1 Å². The van der Waals surface area contributed by atoms with Gasteiger partial charge in [0.05, 0.1) is 5.54 Å². The lowest BCUT2D eigenvalue weighted by atomic mass is 9.76. The fraction of sp³-hybridized carbons (Fsp3) is 0.500. The van der Waals surface area contributed by atoms with E-state index in [1.807, 2.05) is 30.3 Å². The molecular weight excluding hydrogens is 198 g/mol. The van der Waals surface area contributed by atoms with E-state index in [-0.39, 0.29) is 5.78 Å². The zero-order valence-corrected chi connectivity index (χ0v) is 9.36. The highest BCUT2D eigenvalue weighted by atomic mass is 16.1. The predicted molar refractivity (Wildman–Crippen MR) is 63.1 cm³/mol. The molecule has 2 N–H and O–H groups in total. The van der Waals surface area contributed by atoms with E-state index < -0.39 is 5.54 Å². The highest BCUT2D eigenvalue weighted by molar-refractivity contribution is 6.03. The molecule has 0 spiro atoms. The fourth-order valence-corrected chi connectivity index (χ4v) is 3.51. The summed E-state index contributed by atoms with van der Waals surface area (Å²) < 4.78 is 0. The summed E-state index contributed by atoms with van der Waals surface area (Å²) in [4.78, 5) is 12.4. The molecule has 0 aromatic heterocycles. The summed E-state index contributed by atoms with van der Waals surface area (Å²) in [7, 11) is 0. The lowest BCUT2D eigenvalue weighted by Gasteiger charge is -2.32. The van der Waals surface area contributed by atoms with E-state index in [0.29, 0.717) is 11.8 Å². The number of carbonyl (C=O) groups is 1. The first-order valence-corrected chi connectivity index (χ1v) is 6.09. The Labute approximate surface area is 95.8 Å². The highest BCUT2D eigenvalue weighted by Crippen LogP contribution is 2.50. The Kier molecular flexibility index (Phi) is 2.15. The average molecular weight is 215 g/mol. The number of nitrogens with two attached hydrogens (primary N) is 1. The van der Waals surface area contributed by atoms with Crippen LogP contribution in [0.15, 0.2) is 30.3 Å². The molecule has 0 unspecified atom stereocenters. The van der Waals surface area contributed by atoms with Crippen LogP contribution in [0.1, 0.15) is 36.0 Å². The lowest BCUT2D eigenvalue weighted by Crippen LogP contribution is -2.52. The average Bonchev–Trinajstić information content (AvgIpc) is 2.89. The van der Waals surface area contributed by atoms with Gasteiger partial charge in [0.15, 0.2) is 5.78 Å². The van der Waals surface area contributed by atoms with Crippen LogP contribution in [-0.2, 0) is 0 Å². The van der Waals surface area contributed by atoms with Gasteiger partial charge < -0.3 is 5.73 Å².